The van der Waals surface area contributed by atoms with E-state index < -0.39 is 0 Å². The fourth-order valence-corrected chi connectivity index (χ4v) is 3.23. The Morgan fingerprint density at radius 3 is 2.46 bits per heavy atom. The van der Waals surface area contributed by atoms with Crippen LogP contribution in [0.2, 0.25) is 0 Å². The van der Waals surface area contributed by atoms with Crippen molar-refractivity contribution in [2.45, 2.75) is 19.5 Å². The molecule has 2 aromatic carbocycles. The van der Waals surface area contributed by atoms with Crippen LogP contribution in [0.5, 0.6) is 11.5 Å². The van der Waals surface area contributed by atoms with Crippen LogP contribution in [-0.2, 0) is 6.54 Å². The lowest BCUT2D eigenvalue weighted by molar-refractivity contribution is 0.0939. The van der Waals surface area contributed by atoms with Gasteiger partial charge >= 0.3 is 0 Å². The summed E-state index contributed by atoms with van der Waals surface area (Å²) in [5, 5.41) is 3.00. The van der Waals surface area contributed by atoms with Crippen LogP contribution in [0.25, 0.3) is 0 Å². The standard InChI is InChI=1S/C18H19BrN2O3/c1-11(21-18(22)13-4-2-12(10-20)3-5-13)14-8-16-17(9-15(14)19)24-7-6-23-16/h2-5,8-9,11H,6-7,10,20H2,1H3,(H,21,22). The summed E-state index contributed by atoms with van der Waals surface area (Å²) in [5.74, 6) is 1.29. The first-order valence-electron chi connectivity index (χ1n) is 7.77. The molecule has 0 spiro atoms. The largest absolute Gasteiger partial charge is 0.486 e. The predicted molar refractivity (Wildman–Crippen MR) is 95.3 cm³/mol. The normalized spacial score (nSPS) is 14.1. The Labute approximate surface area is 149 Å². The van der Waals surface area contributed by atoms with Crippen LogP contribution in [0.4, 0.5) is 0 Å². The molecule has 1 atom stereocenters. The summed E-state index contributed by atoms with van der Waals surface area (Å²) in [6, 6.07) is 10.9. The molecular weight excluding hydrogens is 372 g/mol. The minimum absolute atomic E-state index is 0.132. The van der Waals surface area contributed by atoms with Crippen molar-refractivity contribution in [3.8, 4) is 11.5 Å². The van der Waals surface area contributed by atoms with Gasteiger partial charge in [0.1, 0.15) is 13.2 Å². The SMILES string of the molecule is CC(NC(=O)c1ccc(CN)cc1)c1cc2c(cc1Br)OCCO2. The number of hydrogen-bond donors (Lipinski definition) is 2. The summed E-state index contributed by atoms with van der Waals surface area (Å²) in [5.41, 5.74) is 8.11. The molecule has 0 bridgehead atoms. The van der Waals surface area contributed by atoms with Crippen LogP contribution in [-0.4, -0.2) is 19.1 Å². The highest BCUT2D eigenvalue weighted by molar-refractivity contribution is 9.10. The molecule has 3 N–H and O–H groups in total. The predicted octanol–water partition coefficient (Wildman–Crippen LogP) is 3.17. The van der Waals surface area contributed by atoms with Crippen LogP contribution < -0.4 is 20.5 Å². The van der Waals surface area contributed by atoms with Crippen LogP contribution in [0.15, 0.2) is 40.9 Å². The van der Waals surface area contributed by atoms with E-state index in [-0.39, 0.29) is 11.9 Å². The average Bonchev–Trinajstić information content (AvgIpc) is 2.61. The minimum atomic E-state index is -0.183. The number of benzene rings is 2. The Bertz CT molecular complexity index is 747. The van der Waals surface area contributed by atoms with Gasteiger partial charge in [0.15, 0.2) is 11.5 Å². The van der Waals surface area contributed by atoms with Crippen molar-refractivity contribution < 1.29 is 14.3 Å². The van der Waals surface area contributed by atoms with Crippen LogP contribution in [0, 0.1) is 0 Å². The Hall–Kier alpha value is -2.05. The van der Waals surface area contributed by atoms with Crippen molar-refractivity contribution in [3.63, 3.8) is 0 Å². The number of amides is 1. The summed E-state index contributed by atoms with van der Waals surface area (Å²) < 4.78 is 12.0. The third kappa shape index (κ3) is 3.55. The second kappa shape index (κ2) is 7.23. The number of nitrogens with two attached hydrogens (primary N) is 1. The zero-order valence-corrected chi connectivity index (χ0v) is 14.9. The first-order valence-corrected chi connectivity index (χ1v) is 8.56. The molecule has 1 aliphatic heterocycles. The van der Waals surface area contributed by atoms with Crippen molar-refractivity contribution in [1.29, 1.82) is 0 Å². The summed E-state index contributed by atoms with van der Waals surface area (Å²) in [6.07, 6.45) is 0. The third-order valence-electron chi connectivity index (χ3n) is 3.93. The number of halogens is 1. The maximum atomic E-state index is 12.4. The number of ether oxygens (including phenoxy) is 2. The Morgan fingerprint density at radius 1 is 1.21 bits per heavy atom. The molecule has 1 unspecified atom stereocenters. The molecule has 2 aromatic rings. The summed E-state index contributed by atoms with van der Waals surface area (Å²) >= 11 is 3.54. The van der Waals surface area contributed by atoms with Crippen molar-refractivity contribution in [1.82, 2.24) is 5.32 Å². The van der Waals surface area contributed by atoms with Crippen LogP contribution in [0.3, 0.4) is 0 Å². The fourth-order valence-electron chi connectivity index (χ4n) is 2.56. The molecule has 0 radical (unpaired) electrons. The lowest BCUT2D eigenvalue weighted by atomic mass is 10.1. The van der Waals surface area contributed by atoms with Gasteiger partial charge in [0, 0.05) is 16.6 Å². The zero-order chi connectivity index (χ0) is 17.1. The van der Waals surface area contributed by atoms with E-state index in [2.05, 4.69) is 21.2 Å². The van der Waals surface area contributed by atoms with E-state index >= 15 is 0 Å². The molecule has 0 aromatic heterocycles. The topological polar surface area (TPSA) is 73.6 Å². The highest BCUT2D eigenvalue weighted by atomic mass is 79.9. The first-order chi connectivity index (χ1) is 11.6. The Morgan fingerprint density at radius 2 is 1.83 bits per heavy atom. The number of hydrogen-bond acceptors (Lipinski definition) is 4. The molecule has 1 amide bonds. The van der Waals surface area contributed by atoms with E-state index in [9.17, 15) is 4.79 Å². The molecule has 1 aliphatic rings. The number of nitrogens with one attached hydrogen (secondary N) is 1. The summed E-state index contributed by atoms with van der Waals surface area (Å²) in [6.45, 7) is 3.47. The van der Waals surface area contributed by atoms with E-state index in [0.29, 0.717) is 36.8 Å². The van der Waals surface area contributed by atoms with E-state index in [1.54, 1.807) is 12.1 Å². The van der Waals surface area contributed by atoms with Gasteiger partial charge in [-0.15, -0.1) is 0 Å². The molecule has 5 nitrogen and oxygen atoms in total. The number of carbonyl (C=O) groups excluding carboxylic acids is 1. The van der Waals surface area contributed by atoms with Gasteiger partial charge in [-0.05, 0) is 42.3 Å². The van der Waals surface area contributed by atoms with Crippen LogP contribution in [0.1, 0.15) is 34.5 Å². The second-order valence-electron chi connectivity index (χ2n) is 5.61. The van der Waals surface area contributed by atoms with Crippen molar-refractivity contribution in [2.24, 2.45) is 5.73 Å². The fraction of sp³-hybridized carbons (Fsp3) is 0.278. The lowest BCUT2D eigenvalue weighted by Gasteiger charge is -2.22. The molecule has 0 aliphatic carbocycles. The van der Waals surface area contributed by atoms with Gasteiger partial charge in [-0.25, -0.2) is 0 Å². The van der Waals surface area contributed by atoms with Gasteiger partial charge < -0.3 is 20.5 Å². The lowest BCUT2D eigenvalue weighted by Crippen LogP contribution is -2.27. The number of rotatable bonds is 4. The maximum Gasteiger partial charge on any atom is 0.251 e. The third-order valence-corrected chi connectivity index (χ3v) is 4.61. The van der Waals surface area contributed by atoms with E-state index in [4.69, 9.17) is 15.2 Å². The molecule has 3 rings (SSSR count). The number of carbonyl (C=O) groups is 1. The van der Waals surface area contributed by atoms with Gasteiger partial charge in [-0.2, -0.15) is 0 Å². The molecule has 1 heterocycles. The molecule has 0 saturated heterocycles. The van der Waals surface area contributed by atoms with Crippen molar-refractivity contribution in [2.75, 3.05) is 13.2 Å². The Balaban J connectivity index is 1.76. The first kappa shape index (κ1) is 16.8. The zero-order valence-electron chi connectivity index (χ0n) is 13.3. The molecule has 126 valence electrons. The van der Waals surface area contributed by atoms with Crippen molar-refractivity contribution in [3.05, 3.63) is 57.6 Å². The highest BCUT2D eigenvalue weighted by Gasteiger charge is 2.19. The molecule has 0 saturated carbocycles. The maximum absolute atomic E-state index is 12.4. The van der Waals surface area contributed by atoms with E-state index in [1.165, 1.54) is 0 Å². The monoisotopic (exact) mass is 390 g/mol. The molecular formula is C18H19BrN2O3. The second-order valence-corrected chi connectivity index (χ2v) is 6.47. The van der Waals surface area contributed by atoms with Gasteiger partial charge in [0.05, 0.1) is 6.04 Å². The number of fused-ring (bicyclic) bond motifs is 1. The molecule has 0 fully saturated rings. The van der Waals surface area contributed by atoms with Gasteiger partial charge in [0.2, 0.25) is 0 Å². The average molecular weight is 391 g/mol. The highest BCUT2D eigenvalue weighted by Crippen LogP contribution is 2.37. The quantitative estimate of drug-likeness (QED) is 0.840. The molecule has 6 heteroatoms. The minimum Gasteiger partial charge on any atom is -0.486 e. The molecule has 24 heavy (non-hydrogen) atoms. The van der Waals surface area contributed by atoms with Gasteiger partial charge in [-0.1, -0.05) is 28.1 Å². The van der Waals surface area contributed by atoms with Gasteiger partial charge in [-0.3, -0.25) is 4.79 Å². The Kier molecular flexibility index (Phi) is 5.06. The summed E-state index contributed by atoms with van der Waals surface area (Å²) in [7, 11) is 0. The van der Waals surface area contributed by atoms with Crippen molar-refractivity contribution >= 4 is 21.8 Å². The van der Waals surface area contributed by atoms with E-state index in [0.717, 1.165) is 15.6 Å². The van der Waals surface area contributed by atoms with Crippen LogP contribution >= 0.6 is 15.9 Å². The van der Waals surface area contributed by atoms with Gasteiger partial charge in [0.25, 0.3) is 5.91 Å². The van der Waals surface area contributed by atoms with E-state index in [1.807, 2.05) is 31.2 Å². The summed E-state index contributed by atoms with van der Waals surface area (Å²) in [4.78, 5) is 12.4. The smallest absolute Gasteiger partial charge is 0.251 e.